The number of phosphoric ester groups is 1. The fourth-order valence-corrected chi connectivity index (χ4v) is 7.35. The zero-order chi connectivity index (χ0) is 40.3. The Morgan fingerprint density at radius 2 is 0.818 bits per heavy atom. The summed E-state index contributed by atoms with van der Waals surface area (Å²) >= 11 is 0. The van der Waals surface area contributed by atoms with Gasteiger partial charge in [0.1, 0.15) is 6.61 Å². The van der Waals surface area contributed by atoms with Gasteiger partial charge < -0.3 is 14.4 Å². The lowest BCUT2D eigenvalue weighted by Crippen LogP contribution is -2.29. The molecule has 9 heteroatoms. The summed E-state index contributed by atoms with van der Waals surface area (Å²) in [5.41, 5.74) is 0. The lowest BCUT2D eigenvalue weighted by molar-refractivity contribution is -0.161. The highest BCUT2D eigenvalue weighted by Crippen LogP contribution is 2.42. The van der Waals surface area contributed by atoms with Crippen molar-refractivity contribution < 1.29 is 37.6 Å². The molecule has 0 aromatic rings. The first kappa shape index (κ1) is 53.8. The highest BCUT2D eigenvalue weighted by Gasteiger charge is 2.24. The molecule has 0 saturated carbocycles. The second kappa shape index (κ2) is 42.4. The van der Waals surface area contributed by atoms with Crippen molar-refractivity contribution in [2.24, 2.45) is 0 Å². The maximum absolute atomic E-state index is 12.5. The number of hydrogen-bond acceptors (Lipinski definition) is 7. The van der Waals surface area contributed by atoms with Crippen molar-refractivity contribution in [1.29, 1.82) is 0 Å². The first-order chi connectivity index (χ1) is 26.8. The molecule has 0 radical (unpaired) electrons. The van der Waals surface area contributed by atoms with E-state index in [9.17, 15) is 19.0 Å². The van der Waals surface area contributed by atoms with Gasteiger partial charge in [-0.05, 0) is 38.5 Å². The molecule has 1 N–H and O–H groups in total. The van der Waals surface area contributed by atoms with Gasteiger partial charge in [0.15, 0.2) is 6.10 Å². The first-order valence-electron chi connectivity index (χ1n) is 23.4. The largest absolute Gasteiger partial charge is 0.472 e. The van der Waals surface area contributed by atoms with Crippen molar-refractivity contribution in [2.45, 2.75) is 251 Å². The Labute approximate surface area is 340 Å². The fraction of sp³-hybridized carbons (Fsp3) is 0.913. The number of carbonyl (C=O) groups excluding carboxylic acids is 2. The summed E-state index contributed by atoms with van der Waals surface area (Å²) in [6.07, 6.45) is 46.9. The van der Waals surface area contributed by atoms with Crippen LogP contribution in [0.4, 0.5) is 0 Å². The number of ether oxygens (including phenoxy) is 2. The molecule has 0 saturated heterocycles. The lowest BCUT2D eigenvalue weighted by atomic mass is 10.0. The van der Waals surface area contributed by atoms with E-state index in [1.54, 1.807) is 0 Å². The zero-order valence-electron chi connectivity index (χ0n) is 36.4. The first-order valence-corrected chi connectivity index (χ1v) is 24.9. The van der Waals surface area contributed by atoms with Crippen molar-refractivity contribution in [2.75, 3.05) is 20.3 Å². The number of carbonyl (C=O) groups is 2. The summed E-state index contributed by atoms with van der Waals surface area (Å²) in [6, 6.07) is 0. The molecular weight excluding hydrogens is 711 g/mol. The van der Waals surface area contributed by atoms with E-state index >= 15 is 0 Å². The Balaban J connectivity index is 3.91. The van der Waals surface area contributed by atoms with E-state index in [-0.39, 0.29) is 19.0 Å². The number of phosphoric acid groups is 1. The minimum atomic E-state index is -4.26. The normalized spacial score (nSPS) is 13.3. The Bertz CT molecular complexity index is 910. The van der Waals surface area contributed by atoms with Gasteiger partial charge in [-0.1, -0.05) is 206 Å². The minimum absolute atomic E-state index is 0.220. The van der Waals surface area contributed by atoms with Gasteiger partial charge >= 0.3 is 19.8 Å². The van der Waals surface area contributed by atoms with Crippen LogP contribution in [0.25, 0.3) is 0 Å². The van der Waals surface area contributed by atoms with Gasteiger partial charge in [0, 0.05) is 20.0 Å². The molecule has 8 nitrogen and oxygen atoms in total. The van der Waals surface area contributed by atoms with E-state index in [4.69, 9.17) is 14.0 Å². The van der Waals surface area contributed by atoms with Crippen molar-refractivity contribution in [1.82, 2.24) is 0 Å². The molecule has 0 fully saturated rings. The standard InChI is InChI=1S/C46H89O8P/c1-4-6-8-10-12-14-16-18-20-21-22-23-24-25-27-29-31-33-35-37-39-41-46(48)54-44(43-53-55(49,50)51-3)42-52-45(47)40-38-36-34-32-30-28-26-19-17-15-13-11-9-7-5-2/h21-22,44H,4-20,23-43H2,1-3H3,(H,49,50)/b22-21-. The molecule has 2 atom stereocenters. The van der Waals surface area contributed by atoms with E-state index < -0.39 is 26.5 Å². The molecular formula is C46H89O8P. The lowest BCUT2D eigenvalue weighted by Gasteiger charge is -2.19. The number of esters is 2. The second-order valence-electron chi connectivity index (χ2n) is 15.9. The predicted molar refractivity (Wildman–Crippen MR) is 230 cm³/mol. The molecule has 0 rings (SSSR count). The SMILES string of the molecule is CCCCCCCCCC/C=C\CCCCCCCCCCCC(=O)OC(COC(=O)CCCCCCCCCCCCCCCCC)COP(=O)(O)OC. The minimum Gasteiger partial charge on any atom is -0.462 e. The molecule has 55 heavy (non-hydrogen) atoms. The summed E-state index contributed by atoms with van der Waals surface area (Å²) in [5, 5.41) is 0. The van der Waals surface area contributed by atoms with Crippen molar-refractivity contribution in [3.63, 3.8) is 0 Å². The Morgan fingerprint density at radius 3 is 1.18 bits per heavy atom. The molecule has 0 aromatic carbocycles. The Hall–Kier alpha value is -1.21. The van der Waals surface area contributed by atoms with Crippen LogP contribution in [0.5, 0.6) is 0 Å². The summed E-state index contributed by atoms with van der Waals surface area (Å²) in [6.45, 7) is 3.92. The van der Waals surface area contributed by atoms with Crippen LogP contribution in [-0.2, 0) is 32.7 Å². The average Bonchev–Trinajstić information content (AvgIpc) is 3.18. The van der Waals surface area contributed by atoms with Crippen LogP contribution in [-0.4, -0.2) is 43.3 Å². The maximum atomic E-state index is 12.5. The molecule has 0 aliphatic rings. The monoisotopic (exact) mass is 801 g/mol. The van der Waals surface area contributed by atoms with Crippen molar-refractivity contribution in [3.8, 4) is 0 Å². The van der Waals surface area contributed by atoms with E-state index in [2.05, 4.69) is 30.5 Å². The number of allylic oxidation sites excluding steroid dienone is 2. The van der Waals surface area contributed by atoms with E-state index in [0.29, 0.717) is 12.8 Å². The third-order valence-corrected chi connectivity index (χ3v) is 11.4. The van der Waals surface area contributed by atoms with Gasteiger partial charge in [-0.2, -0.15) is 0 Å². The number of hydrogen-bond donors (Lipinski definition) is 1. The molecule has 0 bridgehead atoms. The van der Waals surface area contributed by atoms with Gasteiger partial charge in [-0.15, -0.1) is 0 Å². The van der Waals surface area contributed by atoms with E-state index in [0.717, 1.165) is 39.2 Å². The number of unbranched alkanes of at least 4 members (excludes halogenated alkanes) is 31. The van der Waals surface area contributed by atoms with Gasteiger partial charge in [-0.3, -0.25) is 18.6 Å². The molecule has 0 aliphatic heterocycles. The smallest absolute Gasteiger partial charge is 0.462 e. The van der Waals surface area contributed by atoms with Gasteiger partial charge in [0.05, 0.1) is 6.61 Å². The molecule has 0 aromatic heterocycles. The van der Waals surface area contributed by atoms with Gasteiger partial charge in [0.2, 0.25) is 0 Å². The molecule has 0 aliphatic carbocycles. The second-order valence-corrected chi connectivity index (χ2v) is 17.5. The summed E-state index contributed by atoms with van der Waals surface area (Å²) < 4.78 is 32.1. The topological polar surface area (TPSA) is 108 Å². The average molecular weight is 801 g/mol. The van der Waals surface area contributed by atoms with Gasteiger partial charge in [0.25, 0.3) is 0 Å². The van der Waals surface area contributed by atoms with Crippen molar-refractivity contribution in [3.05, 3.63) is 12.2 Å². The van der Waals surface area contributed by atoms with Crippen LogP contribution in [0.2, 0.25) is 0 Å². The molecule has 326 valence electrons. The molecule has 0 spiro atoms. The van der Waals surface area contributed by atoms with E-state index in [1.165, 1.54) is 180 Å². The Kier molecular flexibility index (Phi) is 41.5. The van der Waals surface area contributed by atoms with Crippen molar-refractivity contribution >= 4 is 19.8 Å². The zero-order valence-corrected chi connectivity index (χ0v) is 37.2. The third-order valence-electron chi connectivity index (χ3n) is 10.5. The van der Waals surface area contributed by atoms with Gasteiger partial charge in [-0.25, -0.2) is 4.57 Å². The summed E-state index contributed by atoms with van der Waals surface area (Å²) in [5.74, 6) is -0.792. The molecule has 0 amide bonds. The highest BCUT2D eigenvalue weighted by atomic mass is 31.2. The third kappa shape index (κ3) is 42.2. The van der Waals surface area contributed by atoms with Crippen LogP contribution >= 0.6 is 7.82 Å². The molecule has 0 heterocycles. The maximum Gasteiger partial charge on any atom is 0.472 e. The highest BCUT2D eigenvalue weighted by molar-refractivity contribution is 7.47. The van der Waals surface area contributed by atoms with Crippen LogP contribution in [0.3, 0.4) is 0 Å². The van der Waals surface area contributed by atoms with Crippen LogP contribution in [0, 0.1) is 0 Å². The number of rotatable bonds is 44. The van der Waals surface area contributed by atoms with Crippen LogP contribution in [0.15, 0.2) is 12.2 Å². The molecule has 2 unspecified atom stereocenters. The summed E-state index contributed by atoms with van der Waals surface area (Å²) in [7, 11) is -3.19. The predicted octanol–water partition coefficient (Wildman–Crippen LogP) is 14.8. The van der Waals surface area contributed by atoms with Crippen LogP contribution < -0.4 is 0 Å². The Morgan fingerprint density at radius 1 is 0.491 bits per heavy atom. The van der Waals surface area contributed by atoms with Crippen LogP contribution in [0.1, 0.15) is 245 Å². The quantitative estimate of drug-likeness (QED) is 0.0281. The fourth-order valence-electron chi connectivity index (χ4n) is 6.89. The summed E-state index contributed by atoms with van der Waals surface area (Å²) in [4.78, 5) is 34.5. The van der Waals surface area contributed by atoms with E-state index in [1.807, 2.05) is 0 Å².